The second-order valence-electron chi connectivity index (χ2n) is 5.70. The van der Waals surface area contributed by atoms with Crippen LogP contribution in [0.3, 0.4) is 0 Å². The highest BCUT2D eigenvalue weighted by Gasteiger charge is 2.17. The van der Waals surface area contributed by atoms with E-state index >= 15 is 0 Å². The summed E-state index contributed by atoms with van der Waals surface area (Å²) < 4.78 is 14.0. The van der Waals surface area contributed by atoms with Crippen LogP contribution in [-0.4, -0.2) is 30.6 Å². The van der Waals surface area contributed by atoms with Crippen molar-refractivity contribution in [1.29, 1.82) is 0 Å². The van der Waals surface area contributed by atoms with Gasteiger partial charge in [-0.1, -0.05) is 39.0 Å². The highest BCUT2D eigenvalue weighted by atomic mass is 19.1. The molecule has 0 spiro atoms. The quantitative estimate of drug-likeness (QED) is 0.689. The molecule has 0 bridgehead atoms. The molecule has 1 aromatic carbocycles. The van der Waals surface area contributed by atoms with Gasteiger partial charge in [-0.3, -0.25) is 0 Å². The third-order valence-electron chi connectivity index (χ3n) is 4.25. The first-order valence-electron chi connectivity index (χ1n) is 8.35. The zero-order valence-corrected chi connectivity index (χ0v) is 14.0. The number of rotatable bonds is 10. The summed E-state index contributed by atoms with van der Waals surface area (Å²) in [6, 6.07) is 7.83. The maximum atomic E-state index is 14.0. The summed E-state index contributed by atoms with van der Waals surface area (Å²) in [6.07, 6.45) is 3.16. The predicted octanol–water partition coefficient (Wildman–Crippen LogP) is 4.38. The molecule has 2 atom stereocenters. The van der Waals surface area contributed by atoms with Crippen LogP contribution in [0.15, 0.2) is 24.3 Å². The fourth-order valence-corrected chi connectivity index (χ4v) is 2.69. The van der Waals surface area contributed by atoms with Gasteiger partial charge in [-0.05, 0) is 45.3 Å². The Balaban J connectivity index is 2.72. The summed E-state index contributed by atoms with van der Waals surface area (Å²) in [7, 11) is 0. The van der Waals surface area contributed by atoms with Crippen molar-refractivity contribution >= 4 is 0 Å². The van der Waals surface area contributed by atoms with E-state index in [1.165, 1.54) is 0 Å². The first-order chi connectivity index (χ1) is 10.1. The Kier molecular flexibility index (Phi) is 8.55. The van der Waals surface area contributed by atoms with Gasteiger partial charge in [-0.15, -0.1) is 0 Å². The lowest BCUT2D eigenvalue weighted by Crippen LogP contribution is -2.35. The molecule has 2 unspecified atom stereocenters. The van der Waals surface area contributed by atoms with E-state index in [-0.39, 0.29) is 11.9 Å². The van der Waals surface area contributed by atoms with Crippen LogP contribution in [0.5, 0.6) is 0 Å². The Hall–Kier alpha value is -0.930. The molecule has 1 rings (SSSR count). The standard InChI is InChI=1S/C18H31FN2/c1-5-13-20-18(16-10-8-9-11-17(16)19)12-14-21(7-3)15(4)6-2/h8-11,15,18,20H,5-7,12-14H2,1-4H3. The van der Waals surface area contributed by atoms with Gasteiger partial charge in [0.1, 0.15) is 5.82 Å². The molecule has 0 fully saturated rings. The highest BCUT2D eigenvalue weighted by Crippen LogP contribution is 2.21. The number of benzene rings is 1. The van der Waals surface area contributed by atoms with Gasteiger partial charge in [0.25, 0.3) is 0 Å². The van der Waals surface area contributed by atoms with E-state index in [1.807, 2.05) is 12.1 Å². The van der Waals surface area contributed by atoms with E-state index in [0.717, 1.165) is 44.5 Å². The maximum Gasteiger partial charge on any atom is 0.127 e. The van der Waals surface area contributed by atoms with Crippen LogP contribution in [0, 0.1) is 5.82 Å². The molecule has 0 amide bonds. The third-order valence-corrected chi connectivity index (χ3v) is 4.25. The second-order valence-corrected chi connectivity index (χ2v) is 5.70. The minimum atomic E-state index is -0.0994. The van der Waals surface area contributed by atoms with Crippen molar-refractivity contribution in [1.82, 2.24) is 10.2 Å². The van der Waals surface area contributed by atoms with E-state index in [1.54, 1.807) is 12.1 Å². The Labute approximate surface area is 129 Å². The summed E-state index contributed by atoms with van der Waals surface area (Å²) in [4.78, 5) is 2.47. The van der Waals surface area contributed by atoms with Crippen molar-refractivity contribution in [2.75, 3.05) is 19.6 Å². The number of hydrogen-bond acceptors (Lipinski definition) is 2. The number of hydrogen-bond donors (Lipinski definition) is 1. The average Bonchev–Trinajstić information content (AvgIpc) is 2.51. The highest BCUT2D eigenvalue weighted by molar-refractivity contribution is 5.21. The van der Waals surface area contributed by atoms with Crippen molar-refractivity contribution in [3.05, 3.63) is 35.6 Å². The minimum absolute atomic E-state index is 0.0994. The van der Waals surface area contributed by atoms with Crippen molar-refractivity contribution in [2.24, 2.45) is 0 Å². The Morgan fingerprint density at radius 2 is 1.90 bits per heavy atom. The molecule has 0 aliphatic heterocycles. The molecule has 0 aliphatic carbocycles. The summed E-state index contributed by atoms with van der Waals surface area (Å²) in [5, 5.41) is 3.50. The molecule has 0 aromatic heterocycles. The number of nitrogens with zero attached hydrogens (tertiary/aromatic N) is 1. The van der Waals surface area contributed by atoms with Crippen molar-refractivity contribution in [3.63, 3.8) is 0 Å². The lowest BCUT2D eigenvalue weighted by molar-refractivity contribution is 0.202. The molecule has 1 N–H and O–H groups in total. The lowest BCUT2D eigenvalue weighted by Gasteiger charge is -2.29. The van der Waals surface area contributed by atoms with Crippen LogP contribution in [0.1, 0.15) is 58.6 Å². The van der Waals surface area contributed by atoms with Gasteiger partial charge >= 0.3 is 0 Å². The SMILES string of the molecule is CCCNC(CCN(CC)C(C)CC)c1ccccc1F. The molecule has 21 heavy (non-hydrogen) atoms. The van der Waals surface area contributed by atoms with Gasteiger partial charge in [0.05, 0.1) is 0 Å². The summed E-state index contributed by atoms with van der Waals surface area (Å²) in [5.74, 6) is -0.0994. The lowest BCUT2D eigenvalue weighted by atomic mass is 10.0. The summed E-state index contributed by atoms with van der Waals surface area (Å²) in [6.45, 7) is 11.8. The second kappa shape index (κ2) is 9.91. The monoisotopic (exact) mass is 294 g/mol. The smallest absolute Gasteiger partial charge is 0.127 e. The molecule has 0 saturated heterocycles. The molecule has 1 aromatic rings. The van der Waals surface area contributed by atoms with Gasteiger partial charge < -0.3 is 10.2 Å². The van der Waals surface area contributed by atoms with E-state index < -0.39 is 0 Å². The van der Waals surface area contributed by atoms with E-state index in [2.05, 4.69) is 37.9 Å². The van der Waals surface area contributed by atoms with Crippen LogP contribution < -0.4 is 5.32 Å². The minimum Gasteiger partial charge on any atom is -0.310 e. The van der Waals surface area contributed by atoms with Gasteiger partial charge in [-0.2, -0.15) is 0 Å². The van der Waals surface area contributed by atoms with Crippen LogP contribution in [-0.2, 0) is 0 Å². The van der Waals surface area contributed by atoms with Gasteiger partial charge in [0.15, 0.2) is 0 Å². The van der Waals surface area contributed by atoms with Crippen LogP contribution >= 0.6 is 0 Å². The number of halogens is 1. The molecule has 0 aliphatic rings. The fourth-order valence-electron chi connectivity index (χ4n) is 2.69. The number of nitrogens with one attached hydrogen (secondary N) is 1. The molecule has 0 radical (unpaired) electrons. The topological polar surface area (TPSA) is 15.3 Å². The van der Waals surface area contributed by atoms with Crippen molar-refractivity contribution in [2.45, 2.75) is 59.0 Å². The van der Waals surface area contributed by atoms with Crippen molar-refractivity contribution in [3.8, 4) is 0 Å². The summed E-state index contributed by atoms with van der Waals surface area (Å²) in [5.41, 5.74) is 0.797. The van der Waals surface area contributed by atoms with E-state index in [9.17, 15) is 4.39 Å². The molecule has 3 heteroatoms. The van der Waals surface area contributed by atoms with Crippen LogP contribution in [0.4, 0.5) is 4.39 Å². The molecule has 2 nitrogen and oxygen atoms in total. The van der Waals surface area contributed by atoms with E-state index in [4.69, 9.17) is 0 Å². The molecular weight excluding hydrogens is 263 g/mol. The first-order valence-corrected chi connectivity index (χ1v) is 8.35. The van der Waals surface area contributed by atoms with Gasteiger partial charge in [-0.25, -0.2) is 4.39 Å². The van der Waals surface area contributed by atoms with E-state index in [0.29, 0.717) is 6.04 Å². The Morgan fingerprint density at radius 3 is 2.48 bits per heavy atom. The molecule has 0 saturated carbocycles. The van der Waals surface area contributed by atoms with Gasteiger partial charge in [0, 0.05) is 24.2 Å². The third kappa shape index (κ3) is 5.76. The van der Waals surface area contributed by atoms with Crippen LogP contribution in [0.2, 0.25) is 0 Å². The largest absolute Gasteiger partial charge is 0.310 e. The Morgan fingerprint density at radius 1 is 1.19 bits per heavy atom. The zero-order valence-electron chi connectivity index (χ0n) is 14.0. The average molecular weight is 294 g/mol. The fraction of sp³-hybridized carbons (Fsp3) is 0.667. The Bertz CT molecular complexity index is 395. The zero-order chi connectivity index (χ0) is 15.7. The molecular formula is C18H31FN2. The van der Waals surface area contributed by atoms with Crippen molar-refractivity contribution < 1.29 is 4.39 Å². The predicted molar refractivity (Wildman–Crippen MR) is 89.1 cm³/mol. The molecule has 120 valence electrons. The van der Waals surface area contributed by atoms with Gasteiger partial charge in [0.2, 0.25) is 0 Å². The summed E-state index contributed by atoms with van der Waals surface area (Å²) >= 11 is 0. The maximum absolute atomic E-state index is 14.0. The van der Waals surface area contributed by atoms with Crippen LogP contribution in [0.25, 0.3) is 0 Å². The first kappa shape index (κ1) is 18.1. The molecule has 0 heterocycles. The normalized spacial score (nSPS) is 14.4.